The van der Waals surface area contributed by atoms with Crippen LogP contribution in [0.2, 0.25) is 0 Å². The van der Waals surface area contributed by atoms with Crippen molar-refractivity contribution >= 4 is 12.3 Å². The maximum Gasteiger partial charge on any atom is 0.317 e. The van der Waals surface area contributed by atoms with Gasteiger partial charge < -0.3 is 4.74 Å². The van der Waals surface area contributed by atoms with E-state index in [1.54, 1.807) is 45.0 Å². The van der Waals surface area contributed by atoms with Gasteiger partial charge in [-0.3, -0.25) is 9.59 Å². The van der Waals surface area contributed by atoms with Crippen molar-refractivity contribution in [2.24, 2.45) is 5.41 Å². The first-order chi connectivity index (χ1) is 8.49. The summed E-state index contributed by atoms with van der Waals surface area (Å²) in [5.74, 6) is 5.74. The second kappa shape index (κ2) is 6.02. The molecule has 1 rings (SSSR count). The molecule has 0 aliphatic rings. The Kier molecular flexibility index (Phi) is 4.67. The highest BCUT2D eigenvalue weighted by Crippen LogP contribution is 2.23. The lowest BCUT2D eigenvalue weighted by Gasteiger charge is -2.19. The molecule has 0 radical (unpaired) electrons. The number of ether oxygens (including phenoxy) is 1. The van der Waals surface area contributed by atoms with Crippen LogP contribution in [0.5, 0.6) is 5.75 Å². The van der Waals surface area contributed by atoms with E-state index in [2.05, 4.69) is 11.8 Å². The molecule has 0 saturated carbocycles. The van der Waals surface area contributed by atoms with Gasteiger partial charge in [0.25, 0.3) is 0 Å². The number of hydrogen-bond acceptors (Lipinski definition) is 3. The molecule has 0 saturated heterocycles. The predicted octanol–water partition coefficient (Wildman–Crippen LogP) is 2.84. The number of rotatable bonds is 4. The number of carbonyl (C=O) groups is 2. The van der Waals surface area contributed by atoms with Crippen molar-refractivity contribution in [1.29, 1.82) is 0 Å². The van der Waals surface area contributed by atoms with Gasteiger partial charge in [0.2, 0.25) is 0 Å². The molecule has 0 spiro atoms. The van der Waals surface area contributed by atoms with Crippen LogP contribution < -0.4 is 4.74 Å². The third kappa shape index (κ3) is 3.74. The quantitative estimate of drug-likeness (QED) is 0.354. The van der Waals surface area contributed by atoms with Crippen LogP contribution in [0.1, 0.15) is 37.6 Å². The molecule has 3 heteroatoms. The summed E-state index contributed by atoms with van der Waals surface area (Å²) in [5, 5.41) is 0. The summed E-state index contributed by atoms with van der Waals surface area (Å²) < 4.78 is 5.25. The van der Waals surface area contributed by atoms with Crippen molar-refractivity contribution in [3.8, 4) is 17.6 Å². The Morgan fingerprint density at radius 3 is 2.44 bits per heavy atom. The molecular formula is C15H16O3. The maximum atomic E-state index is 11.9. The normalized spacial score (nSPS) is 10.2. The molecule has 0 bridgehead atoms. The zero-order valence-corrected chi connectivity index (χ0v) is 10.8. The minimum Gasteiger partial charge on any atom is -0.426 e. The fourth-order valence-corrected chi connectivity index (χ4v) is 1.24. The lowest BCUT2D eigenvalue weighted by Crippen LogP contribution is -2.28. The average molecular weight is 244 g/mol. The van der Waals surface area contributed by atoms with E-state index in [0.717, 1.165) is 6.29 Å². The topological polar surface area (TPSA) is 43.4 Å². The molecule has 1 aromatic rings. The molecule has 94 valence electrons. The molecule has 0 atom stereocenters. The van der Waals surface area contributed by atoms with Gasteiger partial charge >= 0.3 is 5.97 Å². The number of esters is 1. The second-order valence-corrected chi connectivity index (χ2v) is 4.56. The Bertz CT molecular complexity index is 487. The van der Waals surface area contributed by atoms with Gasteiger partial charge in [0.1, 0.15) is 12.0 Å². The Morgan fingerprint density at radius 1 is 1.33 bits per heavy atom. The molecule has 0 heterocycles. The molecule has 0 N–H and O–H groups in total. The summed E-state index contributed by atoms with van der Waals surface area (Å²) in [6.07, 6.45) is 1.20. The highest BCUT2D eigenvalue weighted by Gasteiger charge is 2.28. The van der Waals surface area contributed by atoms with E-state index in [-0.39, 0.29) is 5.97 Å². The average Bonchev–Trinajstić information content (AvgIpc) is 2.37. The molecule has 0 aromatic heterocycles. The number of benzene rings is 1. The maximum absolute atomic E-state index is 11.9. The SMILES string of the molecule is CC#CCC(C)(C)C(=O)Oc1ccc(C=O)cc1. The summed E-state index contributed by atoms with van der Waals surface area (Å²) in [4.78, 5) is 22.4. The van der Waals surface area contributed by atoms with Gasteiger partial charge in [0, 0.05) is 12.0 Å². The molecule has 0 amide bonds. The monoisotopic (exact) mass is 244 g/mol. The Labute approximate surface area is 107 Å². The lowest BCUT2D eigenvalue weighted by molar-refractivity contribution is -0.143. The van der Waals surface area contributed by atoms with Gasteiger partial charge in [0.05, 0.1) is 5.41 Å². The van der Waals surface area contributed by atoms with Gasteiger partial charge in [-0.2, -0.15) is 0 Å². The van der Waals surface area contributed by atoms with Crippen molar-refractivity contribution in [1.82, 2.24) is 0 Å². The van der Waals surface area contributed by atoms with Gasteiger partial charge in [-0.25, -0.2) is 0 Å². The number of hydrogen-bond donors (Lipinski definition) is 0. The molecule has 18 heavy (non-hydrogen) atoms. The van der Waals surface area contributed by atoms with Crippen molar-refractivity contribution in [3.05, 3.63) is 29.8 Å². The first kappa shape index (κ1) is 14.0. The van der Waals surface area contributed by atoms with Crippen LogP contribution in [-0.4, -0.2) is 12.3 Å². The Balaban J connectivity index is 2.73. The van der Waals surface area contributed by atoms with Crippen LogP contribution in [-0.2, 0) is 4.79 Å². The van der Waals surface area contributed by atoms with Crippen LogP contribution in [0, 0.1) is 17.3 Å². The molecular weight excluding hydrogens is 228 g/mol. The van der Waals surface area contributed by atoms with Crippen molar-refractivity contribution in [2.75, 3.05) is 0 Å². The Hall–Kier alpha value is -2.08. The summed E-state index contributed by atoms with van der Waals surface area (Å²) in [6.45, 7) is 5.32. The summed E-state index contributed by atoms with van der Waals surface area (Å²) in [7, 11) is 0. The third-order valence-electron chi connectivity index (χ3n) is 2.49. The van der Waals surface area contributed by atoms with E-state index >= 15 is 0 Å². The number of carbonyl (C=O) groups excluding carboxylic acids is 2. The third-order valence-corrected chi connectivity index (χ3v) is 2.49. The van der Waals surface area contributed by atoms with Crippen LogP contribution in [0.25, 0.3) is 0 Å². The fraction of sp³-hybridized carbons (Fsp3) is 0.333. The highest BCUT2D eigenvalue weighted by atomic mass is 16.5. The van der Waals surface area contributed by atoms with Gasteiger partial charge in [0.15, 0.2) is 0 Å². The molecule has 3 nitrogen and oxygen atoms in total. The number of aldehydes is 1. The smallest absolute Gasteiger partial charge is 0.317 e. The predicted molar refractivity (Wildman–Crippen MR) is 69.3 cm³/mol. The highest BCUT2D eigenvalue weighted by molar-refractivity contribution is 5.79. The van der Waals surface area contributed by atoms with Gasteiger partial charge in [-0.15, -0.1) is 11.8 Å². The zero-order valence-electron chi connectivity index (χ0n) is 10.8. The minimum absolute atomic E-state index is 0.330. The van der Waals surface area contributed by atoms with E-state index in [4.69, 9.17) is 4.74 Å². The van der Waals surface area contributed by atoms with E-state index in [9.17, 15) is 9.59 Å². The largest absolute Gasteiger partial charge is 0.426 e. The first-order valence-corrected chi connectivity index (χ1v) is 5.67. The zero-order chi connectivity index (χ0) is 13.6. The second-order valence-electron chi connectivity index (χ2n) is 4.56. The lowest BCUT2D eigenvalue weighted by atomic mass is 9.90. The van der Waals surface area contributed by atoms with Crippen molar-refractivity contribution in [3.63, 3.8) is 0 Å². The molecule has 0 aliphatic carbocycles. The first-order valence-electron chi connectivity index (χ1n) is 5.67. The summed E-state index contributed by atoms with van der Waals surface area (Å²) >= 11 is 0. The fourth-order valence-electron chi connectivity index (χ4n) is 1.24. The summed E-state index contributed by atoms with van der Waals surface area (Å²) in [5.41, 5.74) is -0.0993. The van der Waals surface area contributed by atoms with Crippen molar-refractivity contribution in [2.45, 2.75) is 27.2 Å². The molecule has 0 unspecified atom stereocenters. The minimum atomic E-state index is -0.646. The van der Waals surface area contributed by atoms with Crippen LogP contribution in [0.15, 0.2) is 24.3 Å². The molecule has 0 aliphatic heterocycles. The van der Waals surface area contributed by atoms with E-state index in [1.807, 2.05) is 0 Å². The van der Waals surface area contributed by atoms with Crippen LogP contribution in [0.3, 0.4) is 0 Å². The van der Waals surface area contributed by atoms with Crippen LogP contribution >= 0.6 is 0 Å². The van der Waals surface area contributed by atoms with E-state index in [1.165, 1.54) is 0 Å². The summed E-state index contributed by atoms with van der Waals surface area (Å²) in [6, 6.07) is 6.41. The van der Waals surface area contributed by atoms with Crippen molar-refractivity contribution < 1.29 is 14.3 Å². The van der Waals surface area contributed by atoms with Gasteiger partial charge in [-0.05, 0) is 45.0 Å². The molecule has 1 aromatic carbocycles. The van der Waals surface area contributed by atoms with Crippen LogP contribution in [0.4, 0.5) is 0 Å². The Morgan fingerprint density at radius 2 is 1.94 bits per heavy atom. The van der Waals surface area contributed by atoms with E-state index in [0.29, 0.717) is 17.7 Å². The standard InChI is InChI=1S/C15H16O3/c1-4-5-10-15(2,3)14(17)18-13-8-6-12(11-16)7-9-13/h6-9,11H,10H2,1-3H3. The van der Waals surface area contributed by atoms with Gasteiger partial charge in [-0.1, -0.05) is 0 Å². The van der Waals surface area contributed by atoms with E-state index < -0.39 is 5.41 Å². The molecule has 0 fully saturated rings.